The molecule has 0 aliphatic rings. The van der Waals surface area contributed by atoms with E-state index < -0.39 is 11.9 Å². The zero-order chi connectivity index (χ0) is 15.2. The van der Waals surface area contributed by atoms with Gasteiger partial charge in [-0.25, -0.2) is 4.79 Å². The lowest BCUT2D eigenvalue weighted by Gasteiger charge is -2.09. The number of nitrogens with zero attached hydrogens (tertiary/aromatic N) is 1. The molecule has 0 aliphatic heterocycles. The van der Waals surface area contributed by atoms with E-state index in [0.717, 1.165) is 5.56 Å². The van der Waals surface area contributed by atoms with Crippen LogP contribution in [0.4, 0.5) is 5.69 Å². The van der Waals surface area contributed by atoms with Crippen molar-refractivity contribution in [3.63, 3.8) is 0 Å². The molecule has 0 fully saturated rings. The number of aromatic nitrogens is 1. The average molecular weight is 305 g/mol. The van der Waals surface area contributed by atoms with Crippen LogP contribution in [0.3, 0.4) is 0 Å². The van der Waals surface area contributed by atoms with Crippen LogP contribution < -0.4 is 5.32 Å². The van der Waals surface area contributed by atoms with Crippen molar-refractivity contribution in [2.75, 3.05) is 11.9 Å². The highest BCUT2D eigenvalue weighted by Gasteiger charge is 2.10. The first-order chi connectivity index (χ1) is 10.1. The third-order valence-electron chi connectivity index (χ3n) is 2.71. The van der Waals surface area contributed by atoms with Crippen LogP contribution in [-0.4, -0.2) is 23.5 Å². The van der Waals surface area contributed by atoms with E-state index in [2.05, 4.69) is 10.3 Å². The molecule has 1 aromatic heterocycles. The topological polar surface area (TPSA) is 68.3 Å². The van der Waals surface area contributed by atoms with E-state index in [-0.39, 0.29) is 6.61 Å². The van der Waals surface area contributed by atoms with Crippen LogP contribution in [0, 0.1) is 6.92 Å². The summed E-state index contributed by atoms with van der Waals surface area (Å²) in [7, 11) is 0. The molecule has 5 nitrogen and oxygen atoms in total. The Labute approximate surface area is 126 Å². The van der Waals surface area contributed by atoms with Gasteiger partial charge in [0.25, 0.3) is 5.91 Å². The fraction of sp³-hybridized carbons (Fsp3) is 0.133. The van der Waals surface area contributed by atoms with Crippen LogP contribution in [0.2, 0.25) is 5.02 Å². The van der Waals surface area contributed by atoms with E-state index in [4.69, 9.17) is 16.3 Å². The van der Waals surface area contributed by atoms with Crippen LogP contribution in [0.15, 0.2) is 42.7 Å². The van der Waals surface area contributed by atoms with Gasteiger partial charge in [-0.1, -0.05) is 11.6 Å². The van der Waals surface area contributed by atoms with E-state index in [9.17, 15) is 9.59 Å². The first kappa shape index (κ1) is 15.0. The second kappa shape index (κ2) is 6.85. The molecule has 0 bridgehead atoms. The first-order valence-corrected chi connectivity index (χ1v) is 6.57. The van der Waals surface area contributed by atoms with Gasteiger partial charge in [0.1, 0.15) is 0 Å². The molecular formula is C15H13ClN2O3. The lowest BCUT2D eigenvalue weighted by atomic mass is 10.2. The molecule has 0 radical (unpaired) electrons. The van der Waals surface area contributed by atoms with Crippen LogP contribution in [-0.2, 0) is 9.53 Å². The van der Waals surface area contributed by atoms with Crippen LogP contribution in [0.5, 0.6) is 0 Å². The maximum atomic E-state index is 11.8. The van der Waals surface area contributed by atoms with Gasteiger partial charge in [-0.15, -0.1) is 0 Å². The van der Waals surface area contributed by atoms with Crippen molar-refractivity contribution in [2.24, 2.45) is 0 Å². The minimum absolute atomic E-state index is 0.348. The SMILES string of the molecule is Cc1cc(Cl)ccc1NC(=O)COC(=O)c1ccncc1. The molecule has 1 amide bonds. The quantitative estimate of drug-likeness (QED) is 0.882. The van der Waals surface area contributed by atoms with Crippen molar-refractivity contribution >= 4 is 29.2 Å². The lowest BCUT2D eigenvalue weighted by Crippen LogP contribution is -2.21. The maximum absolute atomic E-state index is 11.8. The second-order valence-electron chi connectivity index (χ2n) is 4.32. The third kappa shape index (κ3) is 4.29. The molecule has 0 atom stereocenters. The highest BCUT2D eigenvalue weighted by molar-refractivity contribution is 6.30. The third-order valence-corrected chi connectivity index (χ3v) is 2.95. The molecule has 0 aliphatic carbocycles. The number of ether oxygens (including phenoxy) is 1. The molecule has 0 saturated carbocycles. The Bertz CT molecular complexity index is 659. The van der Waals surface area contributed by atoms with Gasteiger partial charge in [0, 0.05) is 23.1 Å². The highest BCUT2D eigenvalue weighted by Crippen LogP contribution is 2.19. The molecule has 6 heteroatoms. The number of anilines is 1. The smallest absolute Gasteiger partial charge is 0.338 e. The fourth-order valence-corrected chi connectivity index (χ4v) is 1.88. The van der Waals surface area contributed by atoms with Gasteiger partial charge in [-0.2, -0.15) is 0 Å². The zero-order valence-corrected chi connectivity index (χ0v) is 12.1. The molecule has 1 aromatic carbocycles. The summed E-state index contributed by atoms with van der Waals surface area (Å²) < 4.78 is 4.92. The number of hydrogen-bond donors (Lipinski definition) is 1. The van der Waals surface area contributed by atoms with E-state index in [1.807, 2.05) is 6.92 Å². The Balaban J connectivity index is 1.89. The predicted octanol–water partition coefficient (Wildman–Crippen LogP) is 2.84. The Morgan fingerprint density at radius 1 is 1.24 bits per heavy atom. The molecule has 2 aromatic rings. The van der Waals surface area contributed by atoms with Gasteiger partial charge in [-0.05, 0) is 42.8 Å². The van der Waals surface area contributed by atoms with Crippen molar-refractivity contribution in [3.05, 3.63) is 58.9 Å². The molecule has 0 unspecified atom stereocenters. The monoisotopic (exact) mass is 304 g/mol. The molecule has 108 valence electrons. The summed E-state index contributed by atoms with van der Waals surface area (Å²) in [5, 5.41) is 3.25. The van der Waals surface area contributed by atoms with Gasteiger partial charge in [0.2, 0.25) is 0 Å². The molecule has 0 saturated heterocycles. The molecule has 0 spiro atoms. The number of halogens is 1. The maximum Gasteiger partial charge on any atom is 0.338 e. The number of benzene rings is 1. The summed E-state index contributed by atoms with van der Waals surface area (Å²) in [5.41, 5.74) is 1.81. The average Bonchev–Trinajstić information content (AvgIpc) is 2.48. The predicted molar refractivity (Wildman–Crippen MR) is 79.3 cm³/mol. The highest BCUT2D eigenvalue weighted by atomic mass is 35.5. The Morgan fingerprint density at radius 2 is 1.95 bits per heavy atom. The number of esters is 1. The van der Waals surface area contributed by atoms with E-state index >= 15 is 0 Å². The Morgan fingerprint density at radius 3 is 2.62 bits per heavy atom. The van der Waals surface area contributed by atoms with Gasteiger partial charge in [0.15, 0.2) is 6.61 Å². The number of hydrogen-bond acceptors (Lipinski definition) is 4. The normalized spacial score (nSPS) is 10.0. The summed E-state index contributed by atoms with van der Waals surface area (Å²) in [4.78, 5) is 27.2. The fourth-order valence-electron chi connectivity index (χ4n) is 1.66. The molecule has 2 rings (SSSR count). The Kier molecular flexibility index (Phi) is 4.90. The van der Waals surface area contributed by atoms with E-state index in [1.54, 1.807) is 18.2 Å². The number of carbonyl (C=O) groups excluding carboxylic acids is 2. The summed E-state index contributed by atoms with van der Waals surface area (Å²) in [6, 6.07) is 8.14. The van der Waals surface area contributed by atoms with Crippen molar-refractivity contribution in [1.82, 2.24) is 4.98 Å². The molecule has 1 heterocycles. The zero-order valence-electron chi connectivity index (χ0n) is 11.3. The number of amides is 1. The van der Waals surface area contributed by atoms with Crippen molar-refractivity contribution in [3.8, 4) is 0 Å². The number of rotatable bonds is 4. The van der Waals surface area contributed by atoms with Gasteiger partial charge in [0.05, 0.1) is 5.56 Å². The van der Waals surface area contributed by atoms with E-state index in [1.165, 1.54) is 24.5 Å². The van der Waals surface area contributed by atoms with Crippen molar-refractivity contribution < 1.29 is 14.3 Å². The summed E-state index contributed by atoms with van der Waals surface area (Å²) >= 11 is 5.84. The van der Waals surface area contributed by atoms with Crippen molar-refractivity contribution in [1.29, 1.82) is 0 Å². The Hall–Kier alpha value is -2.40. The standard InChI is InChI=1S/C15H13ClN2O3/c1-10-8-12(16)2-3-13(10)18-14(19)9-21-15(20)11-4-6-17-7-5-11/h2-8H,9H2,1H3,(H,18,19). The number of pyridine rings is 1. The molecule has 21 heavy (non-hydrogen) atoms. The largest absolute Gasteiger partial charge is 0.452 e. The van der Waals surface area contributed by atoms with Gasteiger partial charge < -0.3 is 10.1 Å². The summed E-state index contributed by atoms with van der Waals surface area (Å²) in [6.45, 7) is 1.47. The van der Waals surface area contributed by atoms with Gasteiger partial charge >= 0.3 is 5.97 Å². The van der Waals surface area contributed by atoms with Crippen LogP contribution in [0.25, 0.3) is 0 Å². The van der Waals surface area contributed by atoms with Crippen LogP contribution >= 0.6 is 11.6 Å². The van der Waals surface area contributed by atoms with Crippen LogP contribution in [0.1, 0.15) is 15.9 Å². The number of carbonyl (C=O) groups is 2. The van der Waals surface area contributed by atoms with Crippen molar-refractivity contribution in [2.45, 2.75) is 6.92 Å². The summed E-state index contributed by atoms with van der Waals surface area (Å²) in [5.74, 6) is -0.983. The minimum atomic E-state index is -0.569. The number of nitrogens with one attached hydrogen (secondary N) is 1. The number of aryl methyl sites for hydroxylation is 1. The summed E-state index contributed by atoms with van der Waals surface area (Å²) in [6.07, 6.45) is 2.96. The van der Waals surface area contributed by atoms with Gasteiger partial charge in [-0.3, -0.25) is 9.78 Å². The molecular weight excluding hydrogens is 292 g/mol. The first-order valence-electron chi connectivity index (χ1n) is 6.19. The minimum Gasteiger partial charge on any atom is -0.452 e. The lowest BCUT2D eigenvalue weighted by molar-refractivity contribution is -0.119. The van der Waals surface area contributed by atoms with E-state index in [0.29, 0.717) is 16.3 Å². The molecule has 1 N–H and O–H groups in total. The second-order valence-corrected chi connectivity index (χ2v) is 4.76.